The number of aromatic nitrogens is 2. The summed E-state index contributed by atoms with van der Waals surface area (Å²) in [6.45, 7) is 0. The minimum absolute atomic E-state index is 0.312. The quantitative estimate of drug-likeness (QED) is 0.415. The van der Waals surface area contributed by atoms with Gasteiger partial charge in [0.2, 0.25) is 0 Å². The van der Waals surface area contributed by atoms with Gasteiger partial charge in [-0.1, -0.05) is 42.1 Å². The average molecular weight is 357 g/mol. The molecule has 3 rings (SSSR count). The Morgan fingerprint density at radius 2 is 1.80 bits per heavy atom. The van der Waals surface area contributed by atoms with E-state index in [1.165, 1.54) is 24.4 Å². The second-order valence-electron chi connectivity index (χ2n) is 5.38. The molecule has 3 aromatic rings. The van der Waals surface area contributed by atoms with Crippen LogP contribution < -0.4 is 20.9 Å². The minimum Gasteiger partial charge on any atom is -0.493 e. The number of benzene rings is 2. The molecule has 2 N–H and O–H groups in total. The molecule has 25 heavy (non-hydrogen) atoms. The molecule has 0 spiro atoms. The van der Waals surface area contributed by atoms with E-state index in [2.05, 4.69) is 17.1 Å². The third kappa shape index (κ3) is 3.56. The maximum absolute atomic E-state index is 12.5. The van der Waals surface area contributed by atoms with Gasteiger partial charge in [-0.3, -0.25) is 4.79 Å². The number of fused-ring (bicyclic) bond motifs is 1. The zero-order valence-corrected chi connectivity index (χ0v) is 14.9. The van der Waals surface area contributed by atoms with Crippen LogP contribution in [0.1, 0.15) is 5.56 Å². The van der Waals surface area contributed by atoms with Crippen molar-refractivity contribution in [1.29, 1.82) is 0 Å². The Hall–Kier alpha value is -2.67. The molecule has 1 aromatic heterocycles. The Balaban J connectivity index is 1.90. The van der Waals surface area contributed by atoms with E-state index < -0.39 is 0 Å². The summed E-state index contributed by atoms with van der Waals surface area (Å²) >= 11 is 1.45. The predicted octanol–water partition coefficient (Wildman–Crippen LogP) is 2.46. The van der Waals surface area contributed by atoms with Gasteiger partial charge in [0.05, 0.1) is 25.1 Å². The molecule has 0 aliphatic rings. The fourth-order valence-electron chi connectivity index (χ4n) is 2.51. The van der Waals surface area contributed by atoms with Gasteiger partial charge < -0.3 is 15.3 Å². The number of thioether (sulfide) groups is 1. The summed E-state index contributed by atoms with van der Waals surface area (Å²) in [5, 5.41) is 0.869. The molecule has 0 atom stereocenters. The molecule has 130 valence electrons. The highest BCUT2D eigenvalue weighted by atomic mass is 32.2. The van der Waals surface area contributed by atoms with Crippen LogP contribution in [0.25, 0.3) is 10.9 Å². The molecule has 0 bridgehead atoms. The van der Waals surface area contributed by atoms with Crippen LogP contribution in [0.2, 0.25) is 0 Å². The summed E-state index contributed by atoms with van der Waals surface area (Å²) in [5.74, 6) is 7.70. The Bertz CT molecular complexity index is 942. The number of ether oxygens (including phenoxy) is 2. The largest absolute Gasteiger partial charge is 0.493 e. The third-order valence-electron chi connectivity index (χ3n) is 3.84. The topological polar surface area (TPSA) is 79.4 Å². The SMILES string of the molecule is COc1cc2nc(SCCc3ccccc3)n(N)c(=O)c2cc1OC. The van der Waals surface area contributed by atoms with Crippen molar-refractivity contribution in [3.63, 3.8) is 0 Å². The molecule has 0 fully saturated rings. The van der Waals surface area contributed by atoms with Gasteiger partial charge >= 0.3 is 0 Å². The molecule has 0 aliphatic carbocycles. The zero-order chi connectivity index (χ0) is 17.8. The van der Waals surface area contributed by atoms with E-state index in [0.29, 0.717) is 27.6 Å². The normalized spacial score (nSPS) is 10.8. The molecule has 7 heteroatoms. The molecule has 0 saturated carbocycles. The van der Waals surface area contributed by atoms with E-state index in [0.717, 1.165) is 16.8 Å². The minimum atomic E-state index is -0.312. The summed E-state index contributed by atoms with van der Waals surface area (Å²) in [6.07, 6.45) is 0.866. The van der Waals surface area contributed by atoms with Crippen LogP contribution in [0.15, 0.2) is 52.4 Å². The average Bonchev–Trinajstić information content (AvgIpc) is 2.65. The van der Waals surface area contributed by atoms with Crippen LogP contribution in [0.5, 0.6) is 11.5 Å². The Morgan fingerprint density at radius 1 is 1.12 bits per heavy atom. The highest BCUT2D eigenvalue weighted by Gasteiger charge is 2.14. The van der Waals surface area contributed by atoms with Gasteiger partial charge in [-0.25, -0.2) is 9.66 Å². The van der Waals surface area contributed by atoms with Crippen LogP contribution in [0.3, 0.4) is 0 Å². The van der Waals surface area contributed by atoms with Gasteiger partial charge in [0.1, 0.15) is 0 Å². The molecular weight excluding hydrogens is 338 g/mol. The first kappa shape index (κ1) is 17.2. The molecule has 1 heterocycles. The Labute approximate surface area is 149 Å². The second-order valence-corrected chi connectivity index (χ2v) is 6.44. The summed E-state index contributed by atoms with van der Waals surface area (Å²) in [6, 6.07) is 13.4. The summed E-state index contributed by atoms with van der Waals surface area (Å²) in [4.78, 5) is 17.1. The van der Waals surface area contributed by atoms with Crippen LogP contribution >= 0.6 is 11.8 Å². The molecule has 0 radical (unpaired) electrons. The third-order valence-corrected chi connectivity index (χ3v) is 4.79. The van der Waals surface area contributed by atoms with E-state index in [-0.39, 0.29) is 5.56 Å². The van der Waals surface area contributed by atoms with Gasteiger partial charge in [-0.15, -0.1) is 0 Å². The molecule has 6 nitrogen and oxygen atoms in total. The van der Waals surface area contributed by atoms with Crippen molar-refractivity contribution in [3.8, 4) is 11.5 Å². The van der Waals surface area contributed by atoms with Crippen molar-refractivity contribution in [2.45, 2.75) is 11.6 Å². The van der Waals surface area contributed by atoms with E-state index in [4.69, 9.17) is 15.3 Å². The van der Waals surface area contributed by atoms with Crippen LogP contribution in [-0.2, 0) is 6.42 Å². The van der Waals surface area contributed by atoms with Crippen LogP contribution in [0.4, 0.5) is 0 Å². The number of nitrogen functional groups attached to an aromatic ring is 1. The Kier molecular flexibility index (Phi) is 5.14. The van der Waals surface area contributed by atoms with Gasteiger partial charge in [-0.2, -0.15) is 0 Å². The summed E-state index contributed by atoms with van der Waals surface area (Å²) in [5.41, 5.74) is 1.45. The lowest BCUT2D eigenvalue weighted by molar-refractivity contribution is 0.355. The lowest BCUT2D eigenvalue weighted by Crippen LogP contribution is -2.30. The summed E-state index contributed by atoms with van der Waals surface area (Å²) in [7, 11) is 3.06. The van der Waals surface area contributed by atoms with E-state index in [1.54, 1.807) is 19.2 Å². The molecule has 0 unspecified atom stereocenters. The predicted molar refractivity (Wildman–Crippen MR) is 100 cm³/mol. The number of aryl methyl sites for hydroxylation is 1. The number of nitrogens with two attached hydrogens (primary N) is 1. The lowest BCUT2D eigenvalue weighted by Gasteiger charge is -2.11. The second kappa shape index (κ2) is 7.48. The smallest absolute Gasteiger partial charge is 0.280 e. The van der Waals surface area contributed by atoms with Crippen molar-refractivity contribution in [3.05, 3.63) is 58.4 Å². The monoisotopic (exact) mass is 357 g/mol. The first-order chi connectivity index (χ1) is 12.1. The van der Waals surface area contributed by atoms with Crippen LogP contribution in [-0.4, -0.2) is 29.6 Å². The number of hydrogen-bond acceptors (Lipinski definition) is 6. The Morgan fingerprint density at radius 3 is 2.48 bits per heavy atom. The lowest BCUT2D eigenvalue weighted by atomic mass is 10.2. The number of nitrogens with zero attached hydrogens (tertiary/aromatic N) is 2. The number of methoxy groups -OCH3 is 2. The van der Waals surface area contributed by atoms with Gasteiger partial charge in [0.15, 0.2) is 16.7 Å². The van der Waals surface area contributed by atoms with E-state index >= 15 is 0 Å². The maximum atomic E-state index is 12.5. The van der Waals surface area contributed by atoms with Gasteiger partial charge in [-0.05, 0) is 18.1 Å². The van der Waals surface area contributed by atoms with Gasteiger partial charge in [0.25, 0.3) is 5.56 Å². The molecule has 0 aliphatic heterocycles. The van der Waals surface area contributed by atoms with Crippen LogP contribution in [0, 0.1) is 0 Å². The van der Waals surface area contributed by atoms with Crippen molar-refractivity contribution < 1.29 is 9.47 Å². The zero-order valence-electron chi connectivity index (χ0n) is 14.1. The van der Waals surface area contributed by atoms with Crippen molar-refractivity contribution in [2.75, 3.05) is 25.8 Å². The first-order valence-corrected chi connectivity index (χ1v) is 8.73. The molecule has 0 amide bonds. The maximum Gasteiger partial charge on any atom is 0.280 e. The standard InChI is InChI=1S/C18H19N3O3S/c1-23-15-10-13-14(11-16(15)24-2)20-18(21(19)17(13)22)25-9-8-12-6-4-3-5-7-12/h3-7,10-11H,8-9,19H2,1-2H3. The molecule has 0 saturated heterocycles. The van der Waals surface area contributed by atoms with Crippen molar-refractivity contribution >= 4 is 22.7 Å². The molecular formula is C18H19N3O3S. The van der Waals surface area contributed by atoms with Crippen molar-refractivity contribution in [1.82, 2.24) is 9.66 Å². The van der Waals surface area contributed by atoms with E-state index in [1.807, 2.05) is 18.2 Å². The fourth-order valence-corrected chi connectivity index (χ4v) is 3.42. The summed E-state index contributed by atoms with van der Waals surface area (Å²) < 4.78 is 11.6. The number of rotatable bonds is 6. The first-order valence-electron chi connectivity index (χ1n) is 7.74. The number of hydrogen-bond donors (Lipinski definition) is 1. The molecule has 2 aromatic carbocycles. The van der Waals surface area contributed by atoms with Crippen molar-refractivity contribution in [2.24, 2.45) is 0 Å². The van der Waals surface area contributed by atoms with E-state index in [9.17, 15) is 4.79 Å². The van der Waals surface area contributed by atoms with Gasteiger partial charge in [0, 0.05) is 11.8 Å². The highest BCUT2D eigenvalue weighted by Crippen LogP contribution is 2.30. The fraction of sp³-hybridized carbons (Fsp3) is 0.222. The highest BCUT2D eigenvalue weighted by molar-refractivity contribution is 7.99.